The molecule has 172 valence electrons. The Morgan fingerprint density at radius 3 is 2.47 bits per heavy atom. The zero-order chi connectivity index (χ0) is 23.0. The van der Waals surface area contributed by atoms with Crippen LogP contribution in [0.15, 0.2) is 35.2 Å². The number of amides is 2. The Balaban J connectivity index is 1.53. The fraction of sp³-hybridized carbons (Fsp3) is 0.381. The van der Waals surface area contributed by atoms with Crippen LogP contribution in [0.4, 0.5) is 20.6 Å². The number of carbonyl (C=O) groups excluding carboxylic acids is 1. The van der Waals surface area contributed by atoms with Crippen LogP contribution >= 0.6 is 11.6 Å². The molecule has 0 saturated carbocycles. The number of carbonyl (C=O) groups is 1. The maximum atomic E-state index is 13.7. The number of phenolic OH excluding ortho intramolecular Hbond substituents is 1. The van der Waals surface area contributed by atoms with Gasteiger partial charge in [0.1, 0.15) is 10.7 Å². The summed E-state index contributed by atoms with van der Waals surface area (Å²) >= 11 is 6.12. The zero-order valence-corrected chi connectivity index (χ0v) is 18.9. The summed E-state index contributed by atoms with van der Waals surface area (Å²) in [5, 5.41) is 18.8. The van der Waals surface area contributed by atoms with Gasteiger partial charge in [0, 0.05) is 29.4 Å². The van der Waals surface area contributed by atoms with Crippen LogP contribution in [0, 0.1) is 12.7 Å². The highest BCUT2D eigenvalue weighted by Crippen LogP contribution is 2.38. The molecule has 0 spiro atoms. The molecule has 2 aromatic rings. The normalized spacial score (nSPS) is 22.5. The standard InChI is InChI=1S/C21H24ClFN4O4S/c1-11-16(23)3-2-4-17(11)25-21(29)26-18-8-7-15(22)20(19(18)28)32(30,31)27-14-9-12-5-6-13(10-14)24-12/h2-4,7-8,12-14,24,27-28H,5-6,9-10H2,1H3,(H2,25,26,29)/t12-,13+,14-. The molecule has 11 heteroatoms. The molecule has 32 heavy (non-hydrogen) atoms. The van der Waals surface area contributed by atoms with Gasteiger partial charge in [0.15, 0.2) is 5.75 Å². The third-order valence-electron chi connectivity index (χ3n) is 5.91. The number of aromatic hydroxyl groups is 1. The van der Waals surface area contributed by atoms with Gasteiger partial charge in [-0.05, 0) is 56.9 Å². The van der Waals surface area contributed by atoms with E-state index in [-0.39, 0.29) is 40.1 Å². The van der Waals surface area contributed by atoms with E-state index < -0.39 is 32.5 Å². The minimum absolute atomic E-state index is 0.147. The molecule has 4 rings (SSSR count). The van der Waals surface area contributed by atoms with E-state index in [1.807, 2.05) is 0 Å². The first-order chi connectivity index (χ1) is 15.1. The molecule has 5 N–H and O–H groups in total. The predicted molar refractivity (Wildman–Crippen MR) is 120 cm³/mol. The average Bonchev–Trinajstić information content (AvgIpc) is 3.05. The first-order valence-corrected chi connectivity index (χ1v) is 12.1. The summed E-state index contributed by atoms with van der Waals surface area (Å²) in [6, 6.07) is 6.30. The van der Waals surface area contributed by atoms with E-state index in [9.17, 15) is 22.7 Å². The number of phenols is 1. The number of sulfonamides is 1. The summed E-state index contributed by atoms with van der Waals surface area (Å²) in [5.41, 5.74) is 0.337. The molecule has 0 aromatic heterocycles. The number of hydrogen-bond donors (Lipinski definition) is 5. The van der Waals surface area contributed by atoms with Gasteiger partial charge in [0.05, 0.1) is 10.7 Å². The van der Waals surface area contributed by atoms with E-state index in [0.29, 0.717) is 12.8 Å². The average molecular weight is 483 g/mol. The molecule has 0 aliphatic carbocycles. The van der Waals surface area contributed by atoms with Gasteiger partial charge >= 0.3 is 6.03 Å². The van der Waals surface area contributed by atoms with Gasteiger partial charge in [-0.25, -0.2) is 22.3 Å². The highest BCUT2D eigenvalue weighted by atomic mass is 35.5. The summed E-state index contributed by atoms with van der Waals surface area (Å²) in [7, 11) is -4.15. The Bertz CT molecular complexity index is 1150. The first-order valence-electron chi connectivity index (χ1n) is 10.3. The number of nitrogens with one attached hydrogen (secondary N) is 4. The van der Waals surface area contributed by atoms with Crippen molar-refractivity contribution in [2.24, 2.45) is 0 Å². The molecule has 2 bridgehead atoms. The Labute approximate surface area is 190 Å². The molecule has 0 radical (unpaired) electrons. The number of fused-ring (bicyclic) bond motifs is 2. The summed E-state index contributed by atoms with van der Waals surface area (Å²) in [5.74, 6) is -1.16. The third-order valence-corrected chi connectivity index (χ3v) is 7.93. The minimum Gasteiger partial charge on any atom is -0.504 e. The van der Waals surface area contributed by atoms with Crippen molar-refractivity contribution in [2.75, 3.05) is 10.6 Å². The number of rotatable bonds is 5. The van der Waals surface area contributed by atoms with Crippen LogP contribution in [0.2, 0.25) is 5.02 Å². The van der Waals surface area contributed by atoms with E-state index in [1.165, 1.54) is 37.3 Å². The summed E-state index contributed by atoms with van der Waals surface area (Å²) in [6.45, 7) is 1.51. The molecule has 2 fully saturated rings. The van der Waals surface area contributed by atoms with E-state index in [1.54, 1.807) is 0 Å². The number of piperidine rings is 1. The van der Waals surface area contributed by atoms with Crippen LogP contribution in [0.3, 0.4) is 0 Å². The summed E-state index contributed by atoms with van der Waals surface area (Å²) in [4.78, 5) is 11.9. The zero-order valence-electron chi connectivity index (χ0n) is 17.3. The van der Waals surface area contributed by atoms with Gasteiger partial charge < -0.3 is 21.1 Å². The van der Waals surface area contributed by atoms with Crippen molar-refractivity contribution in [3.05, 3.63) is 46.7 Å². The maximum absolute atomic E-state index is 13.7. The van der Waals surface area contributed by atoms with Crippen LogP contribution < -0.4 is 20.7 Å². The van der Waals surface area contributed by atoms with Gasteiger partial charge in [0.2, 0.25) is 10.0 Å². The van der Waals surface area contributed by atoms with Crippen molar-refractivity contribution in [3.8, 4) is 5.75 Å². The Morgan fingerprint density at radius 2 is 1.78 bits per heavy atom. The number of urea groups is 1. The van der Waals surface area contributed by atoms with Crippen molar-refractivity contribution in [1.29, 1.82) is 0 Å². The van der Waals surface area contributed by atoms with Crippen LogP contribution in [0.1, 0.15) is 31.2 Å². The highest BCUT2D eigenvalue weighted by molar-refractivity contribution is 7.89. The van der Waals surface area contributed by atoms with Crippen molar-refractivity contribution in [2.45, 2.75) is 55.6 Å². The minimum atomic E-state index is -4.15. The number of anilines is 2. The van der Waals surface area contributed by atoms with E-state index in [2.05, 4.69) is 20.7 Å². The first kappa shape index (κ1) is 22.8. The molecule has 2 heterocycles. The van der Waals surface area contributed by atoms with Crippen molar-refractivity contribution < 1.29 is 22.7 Å². The molecule has 0 unspecified atom stereocenters. The van der Waals surface area contributed by atoms with Crippen LogP contribution in [-0.4, -0.2) is 37.7 Å². The molecule has 2 aromatic carbocycles. The van der Waals surface area contributed by atoms with Crippen LogP contribution in [0.5, 0.6) is 5.75 Å². The van der Waals surface area contributed by atoms with E-state index in [4.69, 9.17) is 11.6 Å². The highest BCUT2D eigenvalue weighted by Gasteiger charge is 2.36. The molecule has 8 nitrogen and oxygen atoms in total. The number of benzene rings is 2. The third kappa shape index (κ3) is 4.68. The predicted octanol–water partition coefficient (Wildman–Crippen LogP) is 3.70. The lowest BCUT2D eigenvalue weighted by Gasteiger charge is -2.29. The van der Waals surface area contributed by atoms with Crippen molar-refractivity contribution >= 4 is 39.0 Å². The van der Waals surface area contributed by atoms with E-state index >= 15 is 0 Å². The smallest absolute Gasteiger partial charge is 0.323 e. The van der Waals surface area contributed by atoms with Gasteiger partial charge in [-0.3, -0.25) is 0 Å². The quantitative estimate of drug-likeness (QED) is 0.416. The number of hydrogen-bond acceptors (Lipinski definition) is 5. The molecular formula is C21H24ClFN4O4S. The molecular weight excluding hydrogens is 459 g/mol. The topological polar surface area (TPSA) is 120 Å². The molecule has 2 amide bonds. The second kappa shape index (κ2) is 8.86. The van der Waals surface area contributed by atoms with Gasteiger partial charge in [-0.15, -0.1) is 0 Å². The number of halogens is 2. The lowest BCUT2D eigenvalue weighted by molar-refractivity contribution is 0.262. The fourth-order valence-electron chi connectivity index (χ4n) is 4.35. The lowest BCUT2D eigenvalue weighted by Crippen LogP contribution is -2.47. The SMILES string of the molecule is Cc1c(F)cccc1NC(=O)Nc1ccc(Cl)c(S(=O)(=O)N[C@@H]2C[C@H]3CC[C@@H](C2)N3)c1O. The molecule has 2 saturated heterocycles. The Kier molecular flexibility index (Phi) is 6.30. The summed E-state index contributed by atoms with van der Waals surface area (Å²) < 4.78 is 42.4. The molecule has 3 atom stereocenters. The van der Waals surface area contributed by atoms with Crippen LogP contribution in [0.25, 0.3) is 0 Å². The largest absolute Gasteiger partial charge is 0.504 e. The van der Waals surface area contributed by atoms with Crippen molar-refractivity contribution in [1.82, 2.24) is 10.0 Å². The summed E-state index contributed by atoms with van der Waals surface area (Å²) in [6.07, 6.45) is 3.32. The maximum Gasteiger partial charge on any atom is 0.323 e. The van der Waals surface area contributed by atoms with E-state index in [0.717, 1.165) is 12.8 Å². The van der Waals surface area contributed by atoms with Gasteiger partial charge in [-0.1, -0.05) is 17.7 Å². The Hall–Kier alpha value is -2.40. The second-order valence-corrected chi connectivity index (χ2v) is 10.2. The monoisotopic (exact) mass is 482 g/mol. The Morgan fingerprint density at radius 1 is 1.12 bits per heavy atom. The lowest BCUT2D eigenvalue weighted by atomic mass is 10.0. The molecule has 2 aliphatic rings. The van der Waals surface area contributed by atoms with Crippen molar-refractivity contribution in [3.63, 3.8) is 0 Å². The molecule has 2 aliphatic heterocycles. The van der Waals surface area contributed by atoms with Crippen LogP contribution in [-0.2, 0) is 10.0 Å². The second-order valence-electron chi connectivity index (χ2n) is 8.19. The van der Waals surface area contributed by atoms with Gasteiger partial charge in [-0.2, -0.15) is 0 Å². The van der Waals surface area contributed by atoms with Gasteiger partial charge in [0.25, 0.3) is 0 Å². The fourth-order valence-corrected chi connectivity index (χ4v) is 6.25.